The van der Waals surface area contributed by atoms with Gasteiger partial charge in [0.15, 0.2) is 5.96 Å². The molecule has 2 aromatic carbocycles. The highest BCUT2D eigenvalue weighted by atomic mass is 16.5. The number of hydrogen-bond acceptors (Lipinski definition) is 6. The van der Waals surface area contributed by atoms with E-state index in [4.69, 9.17) is 4.74 Å². The molecule has 2 aromatic rings. The lowest BCUT2D eigenvalue weighted by atomic mass is 10.1. The third-order valence-electron chi connectivity index (χ3n) is 5.25. The summed E-state index contributed by atoms with van der Waals surface area (Å²) in [7, 11) is 0. The molecule has 2 amide bonds. The van der Waals surface area contributed by atoms with Gasteiger partial charge >= 0.3 is 0 Å². The molecule has 0 atom stereocenters. The zero-order chi connectivity index (χ0) is 21.5. The third kappa shape index (κ3) is 5.82. The predicted octanol–water partition coefficient (Wildman–Crippen LogP) is 2.42. The molecule has 0 saturated carbocycles. The summed E-state index contributed by atoms with van der Waals surface area (Å²) in [5, 5.41) is 12.2. The van der Waals surface area contributed by atoms with E-state index in [9.17, 15) is 9.59 Å². The maximum Gasteiger partial charge on any atom is 0.257 e. The maximum atomic E-state index is 12.6. The Balaban J connectivity index is 1.35. The minimum absolute atomic E-state index is 0.0817. The molecule has 162 valence electrons. The van der Waals surface area contributed by atoms with Gasteiger partial charge in [0.25, 0.3) is 11.8 Å². The van der Waals surface area contributed by atoms with Gasteiger partial charge in [-0.2, -0.15) is 0 Å². The Hall–Kier alpha value is -3.39. The Kier molecular flexibility index (Phi) is 6.78. The summed E-state index contributed by atoms with van der Waals surface area (Å²) in [5.41, 5.74) is 2.78. The highest BCUT2D eigenvalue weighted by Gasteiger charge is 2.17. The Labute approximate surface area is 181 Å². The first-order chi connectivity index (χ1) is 15.2. The van der Waals surface area contributed by atoms with Crippen LogP contribution in [0.1, 0.15) is 40.0 Å². The molecule has 2 heterocycles. The van der Waals surface area contributed by atoms with Crippen molar-refractivity contribution in [1.82, 2.24) is 16.0 Å². The summed E-state index contributed by atoms with van der Waals surface area (Å²) < 4.78 is 5.34. The number of amides is 2. The lowest BCUT2D eigenvalue weighted by Gasteiger charge is -2.23. The number of benzene rings is 2. The van der Waals surface area contributed by atoms with Crippen LogP contribution in [-0.2, 0) is 4.74 Å². The van der Waals surface area contributed by atoms with Gasteiger partial charge < -0.3 is 20.7 Å². The fourth-order valence-corrected chi connectivity index (χ4v) is 3.52. The highest BCUT2D eigenvalue weighted by molar-refractivity contribution is 6.06. The van der Waals surface area contributed by atoms with Gasteiger partial charge in [-0.25, -0.2) is 0 Å². The molecule has 0 aromatic heterocycles. The molecular weight excluding hydrogens is 394 g/mol. The van der Waals surface area contributed by atoms with Gasteiger partial charge in [-0.05, 0) is 61.7 Å². The number of rotatable bonds is 5. The molecule has 0 unspecified atom stereocenters. The van der Waals surface area contributed by atoms with Gasteiger partial charge in [0.2, 0.25) is 0 Å². The Morgan fingerprint density at radius 1 is 0.968 bits per heavy atom. The van der Waals surface area contributed by atoms with Crippen LogP contribution in [-0.4, -0.2) is 50.1 Å². The van der Waals surface area contributed by atoms with Crippen molar-refractivity contribution in [2.24, 2.45) is 4.99 Å². The molecule has 1 fully saturated rings. The maximum absolute atomic E-state index is 12.6. The summed E-state index contributed by atoms with van der Waals surface area (Å²) in [4.78, 5) is 29.2. The van der Waals surface area contributed by atoms with Gasteiger partial charge in [0.1, 0.15) is 0 Å². The monoisotopic (exact) mass is 421 g/mol. The molecule has 8 nitrogen and oxygen atoms in total. The number of anilines is 2. The molecule has 2 aliphatic heterocycles. The van der Waals surface area contributed by atoms with Crippen LogP contribution in [0.5, 0.6) is 0 Å². The van der Waals surface area contributed by atoms with Gasteiger partial charge in [-0.1, -0.05) is 6.07 Å². The highest BCUT2D eigenvalue weighted by Crippen LogP contribution is 2.19. The van der Waals surface area contributed by atoms with E-state index in [2.05, 4.69) is 26.3 Å². The van der Waals surface area contributed by atoms with Crippen molar-refractivity contribution in [2.75, 3.05) is 31.6 Å². The van der Waals surface area contributed by atoms with Gasteiger partial charge in [-0.15, -0.1) is 0 Å². The lowest BCUT2D eigenvalue weighted by Crippen LogP contribution is -2.43. The van der Waals surface area contributed by atoms with Gasteiger partial charge in [0, 0.05) is 54.8 Å². The van der Waals surface area contributed by atoms with Crippen molar-refractivity contribution < 1.29 is 14.3 Å². The number of aliphatic imine (C=N–C) groups is 1. The van der Waals surface area contributed by atoms with Crippen LogP contribution in [0.4, 0.5) is 11.4 Å². The quantitative estimate of drug-likeness (QED) is 0.594. The Bertz CT molecular complexity index is 952. The number of hydrogen-bond donors (Lipinski definition) is 4. The molecule has 0 aliphatic carbocycles. The van der Waals surface area contributed by atoms with Crippen LogP contribution >= 0.6 is 0 Å². The molecule has 31 heavy (non-hydrogen) atoms. The first-order valence-electron chi connectivity index (χ1n) is 10.6. The smallest absolute Gasteiger partial charge is 0.257 e. The number of nitrogens with one attached hydrogen (secondary N) is 4. The Morgan fingerprint density at radius 3 is 2.52 bits per heavy atom. The van der Waals surface area contributed by atoms with Crippen molar-refractivity contribution >= 4 is 29.1 Å². The molecule has 0 radical (unpaired) electrons. The number of nitrogens with zero attached hydrogens (tertiary/aromatic N) is 1. The minimum Gasteiger partial charge on any atom is -0.381 e. The van der Waals surface area contributed by atoms with E-state index < -0.39 is 0 Å². The van der Waals surface area contributed by atoms with E-state index in [1.807, 2.05) is 30.3 Å². The standard InChI is InChI=1S/C23H27N5O3/c29-21(28-23-24-11-2-12-25-23)16-5-7-18(8-6-16)26-20-4-1-3-17(15-20)22(30)27-19-9-13-31-14-10-19/h1,3-8,15,19,26H,2,9-14H2,(H,27,30)(H2,24,25,28,29). The molecule has 8 heteroatoms. The number of guanidine groups is 1. The number of carbonyl (C=O) groups is 2. The first kappa shape index (κ1) is 20.9. The van der Waals surface area contributed by atoms with Crippen LogP contribution in [0.3, 0.4) is 0 Å². The van der Waals surface area contributed by atoms with Crippen molar-refractivity contribution in [2.45, 2.75) is 25.3 Å². The van der Waals surface area contributed by atoms with E-state index in [-0.39, 0.29) is 17.9 Å². The molecule has 4 N–H and O–H groups in total. The van der Waals surface area contributed by atoms with Crippen LogP contribution in [0.25, 0.3) is 0 Å². The lowest BCUT2D eigenvalue weighted by molar-refractivity contribution is 0.0696. The van der Waals surface area contributed by atoms with Crippen LogP contribution in [0, 0.1) is 0 Å². The fraction of sp³-hybridized carbons (Fsp3) is 0.348. The molecule has 2 aliphatic rings. The second kappa shape index (κ2) is 10.1. The van der Waals surface area contributed by atoms with Crippen LogP contribution < -0.4 is 21.3 Å². The van der Waals surface area contributed by atoms with Gasteiger partial charge in [-0.3, -0.25) is 19.9 Å². The fourth-order valence-electron chi connectivity index (χ4n) is 3.52. The molecule has 1 saturated heterocycles. The van der Waals surface area contributed by atoms with Crippen LogP contribution in [0.15, 0.2) is 53.5 Å². The molecule has 4 rings (SSSR count). The summed E-state index contributed by atoms with van der Waals surface area (Å²) >= 11 is 0. The summed E-state index contributed by atoms with van der Waals surface area (Å²) in [5.74, 6) is 0.239. The second-order valence-electron chi connectivity index (χ2n) is 7.61. The van der Waals surface area contributed by atoms with Gasteiger partial charge in [0.05, 0.1) is 0 Å². The zero-order valence-corrected chi connectivity index (χ0v) is 17.3. The average molecular weight is 422 g/mol. The Morgan fingerprint density at radius 2 is 1.77 bits per heavy atom. The molecule has 0 bridgehead atoms. The summed E-state index contributed by atoms with van der Waals surface area (Å²) in [6, 6.07) is 14.7. The largest absolute Gasteiger partial charge is 0.381 e. The van der Waals surface area contributed by atoms with E-state index in [1.54, 1.807) is 18.2 Å². The average Bonchev–Trinajstić information content (AvgIpc) is 2.81. The molecule has 0 spiro atoms. The van der Waals surface area contributed by atoms with E-state index in [0.717, 1.165) is 43.7 Å². The van der Waals surface area contributed by atoms with Crippen molar-refractivity contribution in [3.05, 3.63) is 59.7 Å². The molecular formula is C23H27N5O3. The van der Waals surface area contributed by atoms with E-state index in [1.165, 1.54) is 0 Å². The summed E-state index contributed by atoms with van der Waals surface area (Å²) in [6.45, 7) is 2.90. The zero-order valence-electron chi connectivity index (χ0n) is 17.3. The number of ether oxygens (including phenoxy) is 1. The third-order valence-corrected chi connectivity index (χ3v) is 5.25. The predicted molar refractivity (Wildman–Crippen MR) is 120 cm³/mol. The SMILES string of the molecule is O=C(NC1=NCCCN1)c1ccc(Nc2cccc(C(=O)NC3CCOCC3)c2)cc1. The topological polar surface area (TPSA) is 104 Å². The first-order valence-corrected chi connectivity index (χ1v) is 10.6. The minimum atomic E-state index is -0.202. The van der Waals surface area contributed by atoms with E-state index in [0.29, 0.717) is 30.3 Å². The normalized spacial score (nSPS) is 16.6. The van der Waals surface area contributed by atoms with Crippen molar-refractivity contribution in [3.8, 4) is 0 Å². The van der Waals surface area contributed by atoms with E-state index >= 15 is 0 Å². The number of carbonyl (C=O) groups excluding carboxylic acids is 2. The summed E-state index contributed by atoms with van der Waals surface area (Å²) in [6.07, 6.45) is 2.65. The second-order valence-corrected chi connectivity index (χ2v) is 7.61. The van der Waals surface area contributed by atoms with Crippen molar-refractivity contribution in [3.63, 3.8) is 0 Å². The van der Waals surface area contributed by atoms with Crippen molar-refractivity contribution in [1.29, 1.82) is 0 Å². The van der Waals surface area contributed by atoms with Crippen LogP contribution in [0.2, 0.25) is 0 Å².